The van der Waals surface area contributed by atoms with Gasteiger partial charge in [-0.05, 0) is 30.2 Å². The van der Waals surface area contributed by atoms with Gasteiger partial charge in [-0.15, -0.1) is 0 Å². The highest BCUT2D eigenvalue weighted by Gasteiger charge is 2.21. The Balaban J connectivity index is 1.91. The van der Waals surface area contributed by atoms with Crippen molar-refractivity contribution in [2.24, 2.45) is 5.41 Å². The number of hydrogen-bond acceptors (Lipinski definition) is 3. The van der Waals surface area contributed by atoms with E-state index in [1.165, 1.54) is 0 Å². The van der Waals surface area contributed by atoms with Gasteiger partial charge in [0.25, 0.3) is 0 Å². The van der Waals surface area contributed by atoms with Gasteiger partial charge in [0.2, 0.25) is 11.8 Å². The molecule has 0 radical (unpaired) electrons. The van der Waals surface area contributed by atoms with E-state index < -0.39 is 5.41 Å². The molecule has 0 bridgehead atoms. The first kappa shape index (κ1) is 20.5. The molecule has 0 fully saturated rings. The zero-order chi connectivity index (χ0) is 19.9. The van der Waals surface area contributed by atoms with Crippen molar-refractivity contribution in [3.05, 3.63) is 60.2 Å². The maximum absolute atomic E-state index is 12.3. The van der Waals surface area contributed by atoms with Crippen molar-refractivity contribution in [2.75, 3.05) is 17.2 Å². The van der Waals surface area contributed by atoms with E-state index in [0.717, 1.165) is 17.7 Å². The maximum Gasteiger partial charge on any atom is 0.239 e. The second-order valence-electron chi connectivity index (χ2n) is 7.58. The maximum atomic E-state index is 12.3. The first-order valence-electron chi connectivity index (χ1n) is 9.29. The minimum atomic E-state index is -0.462. The van der Waals surface area contributed by atoms with Gasteiger partial charge in [-0.25, -0.2) is 0 Å². The summed E-state index contributed by atoms with van der Waals surface area (Å²) in [5, 5.41) is 9.06. The van der Waals surface area contributed by atoms with Crippen molar-refractivity contribution in [1.29, 1.82) is 0 Å². The molecule has 2 aromatic rings. The molecule has 5 nitrogen and oxygen atoms in total. The van der Waals surface area contributed by atoms with E-state index in [0.29, 0.717) is 5.69 Å². The van der Waals surface area contributed by atoms with Gasteiger partial charge >= 0.3 is 0 Å². The third kappa shape index (κ3) is 6.44. The van der Waals surface area contributed by atoms with E-state index in [1.54, 1.807) is 0 Å². The van der Waals surface area contributed by atoms with E-state index in [4.69, 9.17) is 0 Å². The summed E-state index contributed by atoms with van der Waals surface area (Å²) in [7, 11) is 0. The summed E-state index contributed by atoms with van der Waals surface area (Å²) in [5.74, 6) is -0.124. The van der Waals surface area contributed by atoms with Crippen LogP contribution in [-0.4, -0.2) is 18.4 Å². The van der Waals surface area contributed by atoms with Crippen molar-refractivity contribution in [1.82, 2.24) is 5.32 Å². The minimum absolute atomic E-state index is 0.00194. The van der Waals surface area contributed by atoms with Gasteiger partial charge < -0.3 is 16.0 Å². The summed E-state index contributed by atoms with van der Waals surface area (Å²) in [5.41, 5.74) is 2.12. The number of carbonyl (C=O) groups excluding carboxylic acids is 2. The molecule has 2 amide bonds. The Morgan fingerprint density at radius 2 is 1.63 bits per heavy atom. The molecule has 2 aromatic carbocycles. The number of rotatable bonds is 7. The van der Waals surface area contributed by atoms with E-state index in [9.17, 15) is 9.59 Å². The fraction of sp³-hybridized carbons (Fsp3) is 0.364. The number of benzene rings is 2. The van der Waals surface area contributed by atoms with Crippen LogP contribution in [0.2, 0.25) is 0 Å². The van der Waals surface area contributed by atoms with Crippen LogP contribution in [0.25, 0.3) is 0 Å². The number of amides is 2. The van der Waals surface area contributed by atoms with Crippen LogP contribution >= 0.6 is 0 Å². The summed E-state index contributed by atoms with van der Waals surface area (Å²) in [6.45, 7) is 7.82. The molecule has 0 aliphatic heterocycles. The number of hydrogen-bond donors (Lipinski definition) is 3. The SMILES string of the molecule is CCC(NC(=O)CNc1cccc(NC(=O)C(C)(C)C)c1)c1ccccc1. The molecule has 0 spiro atoms. The van der Waals surface area contributed by atoms with Crippen molar-refractivity contribution in [3.8, 4) is 0 Å². The molecule has 0 aliphatic rings. The lowest BCUT2D eigenvalue weighted by molar-refractivity contribution is -0.123. The number of carbonyl (C=O) groups is 2. The fourth-order valence-electron chi connectivity index (χ4n) is 2.56. The molecule has 0 heterocycles. The second kappa shape index (κ2) is 9.21. The average Bonchev–Trinajstić information content (AvgIpc) is 2.64. The molecule has 0 aromatic heterocycles. The van der Waals surface area contributed by atoms with E-state index in [1.807, 2.05) is 82.3 Å². The summed E-state index contributed by atoms with van der Waals surface area (Å²) in [6, 6.07) is 17.3. The first-order valence-corrected chi connectivity index (χ1v) is 9.29. The van der Waals surface area contributed by atoms with E-state index in [-0.39, 0.29) is 24.4 Å². The standard InChI is InChI=1S/C22H29N3O2/c1-5-19(16-10-7-6-8-11-16)25-20(26)15-23-17-12-9-13-18(14-17)24-21(27)22(2,3)4/h6-14,19,23H,5,15H2,1-4H3,(H,24,27)(H,25,26). The molecule has 0 aliphatic carbocycles. The molecular formula is C22H29N3O2. The first-order chi connectivity index (χ1) is 12.8. The highest BCUT2D eigenvalue weighted by atomic mass is 16.2. The molecule has 3 N–H and O–H groups in total. The number of nitrogens with one attached hydrogen (secondary N) is 3. The van der Waals surface area contributed by atoms with Gasteiger partial charge in [0.1, 0.15) is 0 Å². The van der Waals surface area contributed by atoms with Crippen LogP contribution in [0.3, 0.4) is 0 Å². The smallest absolute Gasteiger partial charge is 0.239 e. The van der Waals surface area contributed by atoms with Crippen molar-refractivity contribution >= 4 is 23.2 Å². The lowest BCUT2D eigenvalue weighted by Gasteiger charge is -2.19. The van der Waals surface area contributed by atoms with E-state index in [2.05, 4.69) is 16.0 Å². The zero-order valence-electron chi connectivity index (χ0n) is 16.5. The van der Waals surface area contributed by atoms with Crippen LogP contribution in [0.15, 0.2) is 54.6 Å². The largest absolute Gasteiger partial charge is 0.376 e. The Hall–Kier alpha value is -2.82. The highest BCUT2D eigenvalue weighted by molar-refractivity contribution is 5.95. The Morgan fingerprint density at radius 3 is 2.26 bits per heavy atom. The van der Waals surface area contributed by atoms with Gasteiger partial charge in [-0.2, -0.15) is 0 Å². The zero-order valence-corrected chi connectivity index (χ0v) is 16.5. The van der Waals surface area contributed by atoms with Crippen molar-refractivity contribution < 1.29 is 9.59 Å². The molecule has 27 heavy (non-hydrogen) atoms. The Kier molecular flexibility index (Phi) is 6.99. The Morgan fingerprint density at radius 1 is 0.963 bits per heavy atom. The molecule has 0 saturated carbocycles. The molecule has 0 saturated heterocycles. The van der Waals surface area contributed by atoms with Gasteiger partial charge in [0.05, 0.1) is 12.6 Å². The van der Waals surface area contributed by atoms with Crippen LogP contribution in [0.1, 0.15) is 45.7 Å². The molecule has 144 valence electrons. The predicted octanol–water partition coefficient (Wildman–Crippen LogP) is 4.35. The monoisotopic (exact) mass is 367 g/mol. The molecule has 1 atom stereocenters. The Labute approximate surface area is 161 Å². The summed E-state index contributed by atoms with van der Waals surface area (Å²) < 4.78 is 0. The summed E-state index contributed by atoms with van der Waals surface area (Å²) >= 11 is 0. The molecule has 2 rings (SSSR count). The van der Waals surface area contributed by atoms with Gasteiger partial charge in [-0.1, -0.05) is 64.1 Å². The van der Waals surface area contributed by atoms with Crippen molar-refractivity contribution in [3.63, 3.8) is 0 Å². The molecule has 1 unspecified atom stereocenters. The normalized spacial score (nSPS) is 12.1. The molecular weight excluding hydrogens is 338 g/mol. The third-order valence-electron chi connectivity index (χ3n) is 4.20. The van der Waals surface area contributed by atoms with Crippen LogP contribution < -0.4 is 16.0 Å². The average molecular weight is 367 g/mol. The summed E-state index contributed by atoms with van der Waals surface area (Å²) in [6.07, 6.45) is 0.823. The van der Waals surface area contributed by atoms with Crippen LogP contribution in [0.4, 0.5) is 11.4 Å². The molecule has 5 heteroatoms. The van der Waals surface area contributed by atoms with Crippen LogP contribution in [0.5, 0.6) is 0 Å². The highest BCUT2D eigenvalue weighted by Crippen LogP contribution is 2.20. The minimum Gasteiger partial charge on any atom is -0.376 e. The van der Waals surface area contributed by atoms with Crippen molar-refractivity contribution in [2.45, 2.75) is 40.2 Å². The number of anilines is 2. The van der Waals surface area contributed by atoms with Gasteiger partial charge in [0, 0.05) is 16.8 Å². The third-order valence-corrected chi connectivity index (χ3v) is 4.20. The second-order valence-corrected chi connectivity index (χ2v) is 7.58. The predicted molar refractivity (Wildman–Crippen MR) is 111 cm³/mol. The fourth-order valence-corrected chi connectivity index (χ4v) is 2.56. The quantitative estimate of drug-likeness (QED) is 0.681. The summed E-state index contributed by atoms with van der Waals surface area (Å²) in [4.78, 5) is 24.4. The van der Waals surface area contributed by atoms with Crippen LogP contribution in [0, 0.1) is 5.41 Å². The van der Waals surface area contributed by atoms with Gasteiger partial charge in [-0.3, -0.25) is 9.59 Å². The topological polar surface area (TPSA) is 70.2 Å². The lowest BCUT2D eigenvalue weighted by Crippen LogP contribution is -2.33. The van der Waals surface area contributed by atoms with Gasteiger partial charge in [0.15, 0.2) is 0 Å². The van der Waals surface area contributed by atoms with Crippen LogP contribution in [-0.2, 0) is 9.59 Å². The van der Waals surface area contributed by atoms with E-state index >= 15 is 0 Å². The lowest BCUT2D eigenvalue weighted by atomic mass is 9.95. The Bertz CT molecular complexity index is 767.